The molecule has 0 aliphatic heterocycles. The molecule has 0 radical (unpaired) electrons. The van der Waals surface area contributed by atoms with Crippen molar-refractivity contribution in [3.05, 3.63) is 81.8 Å². The fourth-order valence-electron chi connectivity index (χ4n) is 2.27. The van der Waals surface area contributed by atoms with Crippen LogP contribution in [0.5, 0.6) is 5.75 Å². The molecule has 0 spiro atoms. The molecule has 0 amide bonds. The minimum atomic E-state index is 0.0169. The van der Waals surface area contributed by atoms with Gasteiger partial charge in [0.2, 0.25) is 0 Å². The number of carbonyl (C=O) groups is 1. The fourth-order valence-corrected chi connectivity index (χ4v) is 3.09. The first kappa shape index (κ1) is 16.4. The molecule has 1 heterocycles. The van der Waals surface area contributed by atoms with E-state index in [1.807, 2.05) is 47.8 Å². The van der Waals surface area contributed by atoms with Crippen LogP contribution < -0.4 is 4.74 Å². The third-order valence-electron chi connectivity index (χ3n) is 3.60. The number of hydrogen-bond acceptors (Lipinski definition) is 4. The molecule has 0 unspecified atom stereocenters. The molecule has 0 saturated carbocycles. The molecule has 0 saturated heterocycles. The molecule has 24 heavy (non-hydrogen) atoms. The number of hydrogen-bond donors (Lipinski definition) is 0. The molecule has 4 heteroatoms. The monoisotopic (exact) mass is 337 g/mol. The van der Waals surface area contributed by atoms with Crippen LogP contribution in [-0.4, -0.2) is 10.8 Å². The van der Waals surface area contributed by atoms with Gasteiger partial charge in [0.05, 0.1) is 10.7 Å². The minimum absolute atomic E-state index is 0.0169. The number of benzene rings is 2. The Labute approximate surface area is 146 Å². The number of nitrogens with zero attached hydrogens (tertiary/aromatic N) is 1. The van der Waals surface area contributed by atoms with Crippen molar-refractivity contribution >= 4 is 17.1 Å². The number of carbonyl (C=O) groups excluding carboxylic acids is 1. The van der Waals surface area contributed by atoms with Crippen LogP contribution in [0.4, 0.5) is 0 Å². The van der Waals surface area contributed by atoms with Crippen molar-refractivity contribution in [3.8, 4) is 5.75 Å². The smallest absolute Gasteiger partial charge is 0.193 e. The van der Waals surface area contributed by atoms with Crippen molar-refractivity contribution < 1.29 is 9.53 Å². The van der Waals surface area contributed by atoms with Crippen LogP contribution in [0.2, 0.25) is 0 Å². The summed E-state index contributed by atoms with van der Waals surface area (Å²) >= 11 is 1.66. The Morgan fingerprint density at radius 3 is 2.33 bits per heavy atom. The number of aromatic nitrogens is 1. The first-order chi connectivity index (χ1) is 11.6. The van der Waals surface area contributed by atoms with E-state index in [9.17, 15) is 4.79 Å². The van der Waals surface area contributed by atoms with Crippen molar-refractivity contribution in [1.82, 2.24) is 4.98 Å². The molecule has 0 aliphatic rings. The van der Waals surface area contributed by atoms with Crippen LogP contribution >= 0.6 is 11.3 Å². The predicted molar refractivity (Wildman–Crippen MR) is 96.9 cm³/mol. The highest BCUT2D eigenvalue weighted by Gasteiger charge is 2.09. The Hall–Kier alpha value is -2.46. The van der Waals surface area contributed by atoms with Crippen molar-refractivity contribution in [2.24, 2.45) is 0 Å². The third kappa shape index (κ3) is 3.89. The van der Waals surface area contributed by atoms with Crippen LogP contribution in [0.15, 0.2) is 60.0 Å². The summed E-state index contributed by atoms with van der Waals surface area (Å²) < 4.78 is 5.76. The van der Waals surface area contributed by atoms with E-state index in [0.29, 0.717) is 23.7 Å². The van der Waals surface area contributed by atoms with Crippen molar-refractivity contribution in [3.63, 3.8) is 0 Å². The van der Waals surface area contributed by atoms with E-state index in [-0.39, 0.29) is 5.78 Å². The molecule has 0 atom stereocenters. The van der Waals surface area contributed by atoms with Gasteiger partial charge in [-0.3, -0.25) is 4.79 Å². The van der Waals surface area contributed by atoms with E-state index >= 15 is 0 Å². The minimum Gasteiger partial charge on any atom is -0.487 e. The second-order valence-corrected chi connectivity index (χ2v) is 6.73. The van der Waals surface area contributed by atoms with Crippen molar-refractivity contribution in [2.75, 3.05) is 0 Å². The van der Waals surface area contributed by atoms with Gasteiger partial charge in [0, 0.05) is 22.4 Å². The van der Waals surface area contributed by atoms with Gasteiger partial charge in [-0.05, 0) is 24.3 Å². The normalized spacial score (nSPS) is 10.8. The maximum absolute atomic E-state index is 12.4. The van der Waals surface area contributed by atoms with Crippen molar-refractivity contribution in [2.45, 2.75) is 26.4 Å². The largest absolute Gasteiger partial charge is 0.487 e. The lowest BCUT2D eigenvalue weighted by Gasteiger charge is -2.06. The maximum Gasteiger partial charge on any atom is 0.193 e. The fraction of sp³-hybridized carbons (Fsp3) is 0.200. The first-order valence-corrected chi connectivity index (χ1v) is 8.78. The van der Waals surface area contributed by atoms with Gasteiger partial charge in [-0.1, -0.05) is 44.2 Å². The molecule has 1 aromatic heterocycles. The second kappa shape index (κ2) is 7.41. The van der Waals surface area contributed by atoms with Gasteiger partial charge < -0.3 is 4.74 Å². The van der Waals surface area contributed by atoms with Gasteiger partial charge in [-0.25, -0.2) is 4.98 Å². The van der Waals surface area contributed by atoms with Crippen LogP contribution in [0.3, 0.4) is 0 Å². The lowest BCUT2D eigenvalue weighted by atomic mass is 10.0. The molecule has 3 nitrogen and oxygen atoms in total. The van der Waals surface area contributed by atoms with E-state index in [1.165, 1.54) is 0 Å². The molecule has 122 valence electrons. The molecule has 0 fully saturated rings. The second-order valence-electron chi connectivity index (χ2n) is 5.84. The van der Waals surface area contributed by atoms with Crippen LogP contribution in [0.25, 0.3) is 0 Å². The van der Waals surface area contributed by atoms with E-state index in [0.717, 1.165) is 16.5 Å². The predicted octanol–water partition coefficient (Wildman–Crippen LogP) is 5.08. The topological polar surface area (TPSA) is 39.2 Å². The Morgan fingerprint density at radius 2 is 1.71 bits per heavy atom. The van der Waals surface area contributed by atoms with Crippen molar-refractivity contribution in [1.29, 1.82) is 0 Å². The number of ketones is 1. The molecule has 0 N–H and O–H groups in total. The molecular formula is C20H19NO2S. The van der Waals surface area contributed by atoms with Crippen LogP contribution in [0, 0.1) is 0 Å². The van der Waals surface area contributed by atoms with Crippen LogP contribution in [-0.2, 0) is 6.61 Å². The lowest BCUT2D eigenvalue weighted by Crippen LogP contribution is -2.01. The van der Waals surface area contributed by atoms with E-state index in [4.69, 9.17) is 4.74 Å². The Morgan fingerprint density at radius 1 is 1.04 bits per heavy atom. The lowest BCUT2D eigenvalue weighted by molar-refractivity contribution is 0.103. The molecule has 2 aromatic carbocycles. The first-order valence-electron chi connectivity index (χ1n) is 7.90. The zero-order chi connectivity index (χ0) is 16.9. The quantitative estimate of drug-likeness (QED) is 0.589. The molecule has 3 aromatic rings. The summed E-state index contributed by atoms with van der Waals surface area (Å²) in [5, 5.41) is 3.15. The van der Waals surface area contributed by atoms with Crippen LogP contribution in [0.1, 0.15) is 46.4 Å². The average molecular weight is 337 g/mol. The summed E-state index contributed by atoms with van der Waals surface area (Å²) in [5.41, 5.74) is 2.28. The number of ether oxygens (including phenoxy) is 1. The zero-order valence-corrected chi connectivity index (χ0v) is 14.5. The molecular weight excluding hydrogens is 318 g/mol. The van der Waals surface area contributed by atoms with E-state index in [2.05, 4.69) is 18.8 Å². The molecule has 0 aliphatic carbocycles. The number of rotatable bonds is 6. The third-order valence-corrected chi connectivity index (χ3v) is 4.80. The molecule has 0 bridgehead atoms. The summed E-state index contributed by atoms with van der Waals surface area (Å²) in [4.78, 5) is 16.9. The summed E-state index contributed by atoms with van der Waals surface area (Å²) in [5.74, 6) is 1.19. The van der Waals surface area contributed by atoms with Gasteiger partial charge in [0.25, 0.3) is 0 Å². The summed E-state index contributed by atoms with van der Waals surface area (Å²) in [7, 11) is 0. The average Bonchev–Trinajstić information content (AvgIpc) is 3.10. The SMILES string of the molecule is CC(C)c1nc(COc2ccc(C(=O)c3ccccc3)cc2)cs1. The Kier molecular flexibility index (Phi) is 5.06. The Bertz CT molecular complexity index is 807. The highest BCUT2D eigenvalue weighted by molar-refractivity contribution is 7.09. The molecule has 3 rings (SSSR count). The van der Waals surface area contributed by atoms with E-state index < -0.39 is 0 Å². The number of thiazole rings is 1. The van der Waals surface area contributed by atoms with Gasteiger partial charge >= 0.3 is 0 Å². The highest BCUT2D eigenvalue weighted by atomic mass is 32.1. The summed E-state index contributed by atoms with van der Waals surface area (Å²) in [6.45, 7) is 4.70. The maximum atomic E-state index is 12.4. The van der Waals surface area contributed by atoms with Gasteiger partial charge in [0.1, 0.15) is 12.4 Å². The van der Waals surface area contributed by atoms with Gasteiger partial charge in [-0.15, -0.1) is 11.3 Å². The van der Waals surface area contributed by atoms with E-state index in [1.54, 1.807) is 23.5 Å². The standard InChI is InChI=1S/C20H19NO2S/c1-14(2)20-21-17(13-24-20)12-23-18-10-8-16(9-11-18)19(22)15-6-4-3-5-7-15/h3-11,13-14H,12H2,1-2H3. The zero-order valence-electron chi connectivity index (χ0n) is 13.7. The van der Waals surface area contributed by atoms with Gasteiger partial charge in [0.15, 0.2) is 5.78 Å². The van der Waals surface area contributed by atoms with Gasteiger partial charge in [-0.2, -0.15) is 0 Å². The summed E-state index contributed by atoms with van der Waals surface area (Å²) in [6.07, 6.45) is 0. The summed E-state index contributed by atoms with van der Waals surface area (Å²) in [6, 6.07) is 16.5. The highest BCUT2D eigenvalue weighted by Crippen LogP contribution is 2.21. The Balaban J connectivity index is 1.63.